The Morgan fingerprint density at radius 1 is 1.06 bits per heavy atom. The number of aliphatic hydroxyl groups is 1. The number of alkyl halides is 2. The molecule has 1 saturated heterocycles. The Morgan fingerprint density at radius 3 is 2.03 bits per heavy atom. The van der Waals surface area contributed by atoms with Gasteiger partial charge in [-0.1, -0.05) is 23.7 Å². The zero-order chi connectivity index (χ0) is 23.8. The standard InChI is InChI=1S/C17H15ClF2O3.C6H13NO2/c1-16(2,15(21)22)23-14-9-5-12(6-10-14)17(19,20)11-3-7-13(18)8-4-11;8-4-1-7-2-5-9-6-3-7/h3-10H,1-2H3,(H,21,22);8H,1-6H2. The van der Waals surface area contributed by atoms with Crippen molar-refractivity contribution < 1.29 is 33.3 Å². The zero-order valence-corrected chi connectivity index (χ0v) is 18.8. The zero-order valence-electron chi connectivity index (χ0n) is 18.1. The lowest BCUT2D eigenvalue weighted by Crippen LogP contribution is -2.37. The van der Waals surface area contributed by atoms with Crippen molar-refractivity contribution >= 4 is 17.6 Å². The van der Waals surface area contributed by atoms with Gasteiger partial charge in [-0.3, -0.25) is 4.90 Å². The maximum atomic E-state index is 14.4. The molecule has 1 heterocycles. The highest BCUT2D eigenvalue weighted by atomic mass is 35.5. The van der Waals surface area contributed by atoms with Crippen LogP contribution in [-0.4, -0.2) is 66.1 Å². The van der Waals surface area contributed by atoms with E-state index in [0.717, 1.165) is 32.8 Å². The number of halogens is 3. The van der Waals surface area contributed by atoms with E-state index in [2.05, 4.69) is 4.90 Å². The molecule has 2 aromatic rings. The van der Waals surface area contributed by atoms with Gasteiger partial charge in [-0.05, 0) is 50.2 Å². The Kier molecular flexibility index (Phi) is 9.39. The molecule has 0 bridgehead atoms. The van der Waals surface area contributed by atoms with Crippen LogP contribution in [0.5, 0.6) is 5.75 Å². The molecule has 2 N–H and O–H groups in total. The van der Waals surface area contributed by atoms with Gasteiger partial charge in [-0.15, -0.1) is 0 Å². The molecule has 176 valence electrons. The summed E-state index contributed by atoms with van der Waals surface area (Å²) in [5.41, 5.74) is -1.85. The number of aliphatic carboxylic acids is 1. The summed E-state index contributed by atoms with van der Waals surface area (Å²) in [6.07, 6.45) is 0. The molecule has 1 aliphatic rings. The fourth-order valence-electron chi connectivity index (χ4n) is 2.86. The van der Waals surface area contributed by atoms with Crippen LogP contribution in [0.1, 0.15) is 25.0 Å². The largest absolute Gasteiger partial charge is 0.478 e. The quantitative estimate of drug-likeness (QED) is 0.634. The van der Waals surface area contributed by atoms with Gasteiger partial charge in [0.2, 0.25) is 0 Å². The summed E-state index contributed by atoms with van der Waals surface area (Å²) < 4.78 is 39.3. The van der Waals surface area contributed by atoms with E-state index >= 15 is 0 Å². The predicted molar refractivity (Wildman–Crippen MR) is 118 cm³/mol. The van der Waals surface area contributed by atoms with Crippen LogP contribution >= 0.6 is 11.6 Å². The third kappa shape index (κ3) is 7.41. The Morgan fingerprint density at radius 2 is 1.56 bits per heavy atom. The van der Waals surface area contributed by atoms with Crippen LogP contribution < -0.4 is 4.74 Å². The highest BCUT2D eigenvalue weighted by Crippen LogP contribution is 2.37. The summed E-state index contributed by atoms with van der Waals surface area (Å²) >= 11 is 5.71. The van der Waals surface area contributed by atoms with E-state index in [1.165, 1.54) is 62.4 Å². The molecule has 1 fully saturated rings. The van der Waals surface area contributed by atoms with Crippen LogP contribution in [0.15, 0.2) is 48.5 Å². The molecular weight excluding hydrogens is 444 g/mol. The molecule has 0 spiro atoms. The molecule has 0 radical (unpaired) electrons. The lowest BCUT2D eigenvalue weighted by Gasteiger charge is -2.25. The number of rotatable bonds is 7. The number of aliphatic hydroxyl groups excluding tert-OH is 1. The van der Waals surface area contributed by atoms with Gasteiger partial charge in [0.25, 0.3) is 5.92 Å². The topological polar surface area (TPSA) is 79.2 Å². The molecule has 0 aliphatic carbocycles. The van der Waals surface area contributed by atoms with Crippen LogP contribution in [0, 0.1) is 0 Å². The minimum Gasteiger partial charge on any atom is -0.478 e. The molecule has 2 aromatic carbocycles. The Bertz CT molecular complexity index is 851. The van der Waals surface area contributed by atoms with E-state index in [-0.39, 0.29) is 23.5 Å². The minimum absolute atomic E-state index is 0.179. The van der Waals surface area contributed by atoms with Crippen molar-refractivity contribution in [1.29, 1.82) is 0 Å². The molecule has 0 aromatic heterocycles. The number of carboxylic acids is 1. The second-order valence-corrected chi connectivity index (χ2v) is 8.14. The fourth-order valence-corrected chi connectivity index (χ4v) is 2.99. The summed E-state index contributed by atoms with van der Waals surface area (Å²) in [6, 6.07) is 10.4. The number of morpholine rings is 1. The molecule has 32 heavy (non-hydrogen) atoms. The van der Waals surface area contributed by atoms with Gasteiger partial charge in [-0.2, -0.15) is 8.78 Å². The van der Waals surface area contributed by atoms with E-state index < -0.39 is 17.5 Å². The number of benzene rings is 2. The fraction of sp³-hybridized carbons (Fsp3) is 0.435. The first-order valence-electron chi connectivity index (χ1n) is 10.1. The van der Waals surface area contributed by atoms with Gasteiger partial charge in [0.05, 0.1) is 19.8 Å². The number of β-amino-alcohol motifs (C(OH)–C–C–N with tert-alkyl or cyclic N) is 1. The van der Waals surface area contributed by atoms with Gasteiger partial charge in [0.15, 0.2) is 5.60 Å². The summed E-state index contributed by atoms with van der Waals surface area (Å²) in [7, 11) is 0. The van der Waals surface area contributed by atoms with Crippen LogP contribution in [0.3, 0.4) is 0 Å². The number of carboxylic acid groups (broad SMARTS) is 1. The van der Waals surface area contributed by atoms with E-state index in [9.17, 15) is 13.6 Å². The van der Waals surface area contributed by atoms with E-state index in [1.807, 2.05) is 0 Å². The van der Waals surface area contributed by atoms with Gasteiger partial charge in [0.1, 0.15) is 5.75 Å². The highest BCUT2D eigenvalue weighted by Gasteiger charge is 2.34. The lowest BCUT2D eigenvalue weighted by molar-refractivity contribution is -0.152. The summed E-state index contributed by atoms with van der Waals surface area (Å²) in [5, 5.41) is 17.9. The van der Waals surface area contributed by atoms with Crippen molar-refractivity contribution in [3.63, 3.8) is 0 Å². The van der Waals surface area contributed by atoms with E-state index in [1.54, 1.807) is 0 Å². The SMILES string of the molecule is CC(C)(Oc1ccc(C(F)(F)c2ccc(Cl)cc2)cc1)C(=O)O.OCCN1CCOCC1. The average Bonchev–Trinajstić information content (AvgIpc) is 2.75. The minimum atomic E-state index is -3.19. The van der Waals surface area contributed by atoms with Gasteiger partial charge >= 0.3 is 5.97 Å². The normalized spacial score (nSPS) is 14.9. The van der Waals surface area contributed by atoms with E-state index in [4.69, 9.17) is 31.3 Å². The van der Waals surface area contributed by atoms with Crippen LogP contribution in [0.25, 0.3) is 0 Å². The predicted octanol–water partition coefficient (Wildman–Crippen LogP) is 4.03. The van der Waals surface area contributed by atoms with Crippen molar-refractivity contribution in [3.05, 3.63) is 64.7 Å². The van der Waals surface area contributed by atoms with Crippen molar-refractivity contribution in [2.24, 2.45) is 0 Å². The van der Waals surface area contributed by atoms with E-state index in [0.29, 0.717) is 5.02 Å². The average molecular weight is 472 g/mol. The Labute approximate surface area is 191 Å². The molecule has 1 aliphatic heterocycles. The van der Waals surface area contributed by atoms with Crippen molar-refractivity contribution in [3.8, 4) is 5.75 Å². The number of ether oxygens (including phenoxy) is 2. The van der Waals surface area contributed by atoms with Crippen molar-refractivity contribution in [2.45, 2.75) is 25.4 Å². The second-order valence-electron chi connectivity index (χ2n) is 7.70. The monoisotopic (exact) mass is 471 g/mol. The first kappa shape index (κ1) is 26.0. The number of carbonyl (C=O) groups is 1. The molecule has 9 heteroatoms. The number of nitrogens with zero attached hydrogens (tertiary/aromatic N) is 1. The maximum Gasteiger partial charge on any atom is 0.347 e. The van der Waals surface area contributed by atoms with Gasteiger partial charge in [-0.25, -0.2) is 4.79 Å². The second kappa shape index (κ2) is 11.6. The van der Waals surface area contributed by atoms with Gasteiger partial charge in [0, 0.05) is 35.8 Å². The molecule has 3 rings (SSSR count). The summed E-state index contributed by atoms with van der Waals surface area (Å²) in [4.78, 5) is 13.2. The van der Waals surface area contributed by atoms with Gasteiger partial charge < -0.3 is 19.7 Å². The third-order valence-electron chi connectivity index (χ3n) is 4.83. The molecular formula is C23H28ClF2NO5. The molecule has 0 atom stereocenters. The Hall–Kier alpha value is -2.26. The van der Waals surface area contributed by atoms with Crippen molar-refractivity contribution in [1.82, 2.24) is 4.90 Å². The van der Waals surface area contributed by atoms with Crippen LogP contribution in [-0.2, 0) is 15.5 Å². The first-order chi connectivity index (χ1) is 15.1. The summed E-state index contributed by atoms with van der Waals surface area (Å²) in [5.74, 6) is -4.13. The molecule has 0 amide bonds. The molecule has 6 nitrogen and oxygen atoms in total. The first-order valence-corrected chi connectivity index (χ1v) is 10.5. The van der Waals surface area contributed by atoms with Crippen LogP contribution in [0.4, 0.5) is 8.78 Å². The summed E-state index contributed by atoms with van der Waals surface area (Å²) in [6.45, 7) is 7.40. The number of hydrogen-bond acceptors (Lipinski definition) is 5. The smallest absolute Gasteiger partial charge is 0.347 e. The maximum absolute atomic E-state index is 14.4. The Balaban J connectivity index is 0.000000336. The number of hydrogen-bond donors (Lipinski definition) is 2. The lowest BCUT2D eigenvalue weighted by atomic mass is 10.0. The molecule has 0 unspecified atom stereocenters. The molecule has 0 saturated carbocycles. The van der Waals surface area contributed by atoms with Crippen LogP contribution in [0.2, 0.25) is 5.02 Å². The van der Waals surface area contributed by atoms with Crippen molar-refractivity contribution in [2.75, 3.05) is 39.5 Å². The highest BCUT2D eigenvalue weighted by molar-refractivity contribution is 6.30. The third-order valence-corrected chi connectivity index (χ3v) is 5.08.